The van der Waals surface area contributed by atoms with E-state index in [2.05, 4.69) is 31.9 Å². The van der Waals surface area contributed by atoms with Gasteiger partial charge in [-0.3, -0.25) is 0 Å². The third-order valence-corrected chi connectivity index (χ3v) is 6.85. The van der Waals surface area contributed by atoms with Crippen LogP contribution in [-0.4, -0.2) is 73.8 Å². The minimum Gasteiger partial charge on any atom is -0.456 e. The fourth-order valence-corrected chi connectivity index (χ4v) is 4.89. The van der Waals surface area contributed by atoms with Crippen LogP contribution < -0.4 is 15.1 Å². The number of benzene rings is 2. The van der Waals surface area contributed by atoms with Crippen LogP contribution in [0.2, 0.25) is 0 Å². The Morgan fingerprint density at radius 1 is 1.06 bits per heavy atom. The number of hydrogen-bond acceptors (Lipinski definition) is 7. The molecule has 0 saturated carbocycles. The van der Waals surface area contributed by atoms with Crippen molar-refractivity contribution in [1.82, 2.24) is 20.2 Å². The van der Waals surface area contributed by atoms with Gasteiger partial charge >= 0.3 is 0 Å². The lowest BCUT2D eigenvalue weighted by Gasteiger charge is -2.43. The highest BCUT2D eigenvalue weighted by Gasteiger charge is 2.32. The highest BCUT2D eigenvalue weighted by Crippen LogP contribution is 2.39. The van der Waals surface area contributed by atoms with E-state index in [1.807, 2.05) is 14.1 Å². The number of nitrogens with zero attached hydrogens (tertiary/aromatic N) is 5. The van der Waals surface area contributed by atoms with Crippen LogP contribution in [0.1, 0.15) is 6.92 Å². The molecule has 2 saturated heterocycles. The molecule has 0 amide bonds. The standard InChI is InChI=1S/C24H26F2N6O/c1-13-10-31(8-7-27-13)23-15-9-18-20(19-16(25)5-4-6-17(19)33-18)21(26)22(15)28-24(29-23)32-11-14(12-32)30(2)3/h4-6,9,13-14,27H,7-8,10-12H2,1-3H3. The van der Waals surface area contributed by atoms with Gasteiger partial charge in [-0.1, -0.05) is 6.07 Å². The molecular weight excluding hydrogens is 426 g/mol. The molecule has 1 N–H and O–H groups in total. The number of halogens is 2. The van der Waals surface area contributed by atoms with Crippen molar-refractivity contribution in [2.75, 3.05) is 56.6 Å². The summed E-state index contributed by atoms with van der Waals surface area (Å²) in [5.74, 6) is 0.127. The molecule has 0 aliphatic carbocycles. The van der Waals surface area contributed by atoms with E-state index in [4.69, 9.17) is 9.40 Å². The summed E-state index contributed by atoms with van der Waals surface area (Å²) < 4.78 is 36.5. The van der Waals surface area contributed by atoms with Crippen LogP contribution in [0.25, 0.3) is 32.8 Å². The van der Waals surface area contributed by atoms with Crippen molar-refractivity contribution in [2.24, 2.45) is 0 Å². The largest absolute Gasteiger partial charge is 0.456 e. The quantitative estimate of drug-likeness (QED) is 0.512. The molecule has 2 fully saturated rings. The first-order chi connectivity index (χ1) is 15.9. The van der Waals surface area contributed by atoms with Crippen LogP contribution in [0.5, 0.6) is 0 Å². The van der Waals surface area contributed by atoms with E-state index in [9.17, 15) is 4.39 Å². The summed E-state index contributed by atoms with van der Waals surface area (Å²) in [5.41, 5.74) is 0.826. The molecular formula is C24H26F2N6O. The van der Waals surface area contributed by atoms with Crippen LogP contribution in [0.4, 0.5) is 20.5 Å². The van der Waals surface area contributed by atoms with Gasteiger partial charge in [-0.2, -0.15) is 4.98 Å². The molecule has 2 aliphatic heterocycles. The normalized spacial score (nSPS) is 19.9. The summed E-state index contributed by atoms with van der Waals surface area (Å²) in [7, 11) is 4.09. The zero-order valence-electron chi connectivity index (χ0n) is 18.9. The van der Waals surface area contributed by atoms with Crippen LogP contribution in [0.3, 0.4) is 0 Å². The highest BCUT2D eigenvalue weighted by atomic mass is 19.1. The van der Waals surface area contributed by atoms with Crippen molar-refractivity contribution in [1.29, 1.82) is 0 Å². The molecule has 0 bridgehead atoms. The minimum absolute atomic E-state index is 0.134. The lowest BCUT2D eigenvalue weighted by Crippen LogP contribution is -2.58. The number of aromatic nitrogens is 2. The molecule has 7 nitrogen and oxygen atoms in total. The van der Waals surface area contributed by atoms with Gasteiger partial charge in [0, 0.05) is 50.2 Å². The Kier molecular flexibility index (Phi) is 4.67. The van der Waals surface area contributed by atoms with E-state index in [0.717, 1.165) is 32.7 Å². The van der Waals surface area contributed by atoms with Crippen molar-refractivity contribution >= 4 is 44.6 Å². The van der Waals surface area contributed by atoms with E-state index in [-0.39, 0.29) is 22.3 Å². The Balaban J connectivity index is 1.59. The number of piperazine rings is 1. The van der Waals surface area contributed by atoms with Gasteiger partial charge in [-0.25, -0.2) is 13.8 Å². The average Bonchev–Trinajstić information content (AvgIpc) is 3.12. The maximum absolute atomic E-state index is 16.0. The number of rotatable bonds is 3. The molecule has 172 valence electrons. The number of fused-ring (bicyclic) bond motifs is 4. The minimum atomic E-state index is -0.566. The fourth-order valence-electron chi connectivity index (χ4n) is 4.89. The summed E-state index contributed by atoms with van der Waals surface area (Å²) in [6, 6.07) is 6.99. The Morgan fingerprint density at radius 2 is 1.88 bits per heavy atom. The lowest BCUT2D eigenvalue weighted by atomic mass is 10.1. The van der Waals surface area contributed by atoms with Crippen molar-refractivity contribution in [3.8, 4) is 0 Å². The summed E-state index contributed by atoms with van der Waals surface area (Å²) in [5, 5.41) is 4.31. The molecule has 0 spiro atoms. The van der Waals surface area contributed by atoms with Crippen molar-refractivity contribution < 1.29 is 13.2 Å². The smallest absolute Gasteiger partial charge is 0.228 e. The first-order valence-electron chi connectivity index (χ1n) is 11.3. The number of nitrogens with one attached hydrogen (secondary N) is 1. The van der Waals surface area contributed by atoms with Gasteiger partial charge in [0.15, 0.2) is 5.82 Å². The van der Waals surface area contributed by atoms with E-state index in [1.54, 1.807) is 18.2 Å². The van der Waals surface area contributed by atoms with Crippen LogP contribution in [0.15, 0.2) is 28.7 Å². The topological polar surface area (TPSA) is 60.7 Å². The van der Waals surface area contributed by atoms with E-state index >= 15 is 4.39 Å². The van der Waals surface area contributed by atoms with Gasteiger partial charge in [0.05, 0.1) is 10.8 Å². The Bertz CT molecular complexity index is 1380. The molecule has 4 aromatic rings. The average molecular weight is 453 g/mol. The van der Waals surface area contributed by atoms with Crippen LogP contribution in [0, 0.1) is 11.6 Å². The van der Waals surface area contributed by atoms with Gasteiger partial charge in [0.25, 0.3) is 0 Å². The van der Waals surface area contributed by atoms with Crippen molar-refractivity contribution in [3.63, 3.8) is 0 Å². The molecule has 2 aromatic carbocycles. The summed E-state index contributed by atoms with van der Waals surface area (Å²) >= 11 is 0. The number of furan rings is 1. The van der Waals surface area contributed by atoms with Gasteiger partial charge in [0.1, 0.15) is 28.3 Å². The Morgan fingerprint density at radius 3 is 2.64 bits per heavy atom. The second-order valence-electron chi connectivity index (χ2n) is 9.35. The Hall–Kier alpha value is -3.04. The first kappa shape index (κ1) is 20.6. The summed E-state index contributed by atoms with van der Waals surface area (Å²) in [6.45, 7) is 6.00. The summed E-state index contributed by atoms with van der Waals surface area (Å²) in [6.07, 6.45) is 0. The second kappa shape index (κ2) is 7.50. The second-order valence-corrected chi connectivity index (χ2v) is 9.35. The Labute approximate surface area is 190 Å². The van der Waals surface area contributed by atoms with Gasteiger partial charge in [-0.15, -0.1) is 0 Å². The highest BCUT2D eigenvalue weighted by molar-refractivity contribution is 6.11. The van der Waals surface area contributed by atoms with E-state index in [0.29, 0.717) is 34.4 Å². The lowest BCUT2D eigenvalue weighted by molar-refractivity contribution is 0.245. The molecule has 0 radical (unpaired) electrons. The van der Waals surface area contributed by atoms with Crippen molar-refractivity contribution in [2.45, 2.75) is 19.0 Å². The molecule has 9 heteroatoms. The molecule has 4 heterocycles. The third kappa shape index (κ3) is 3.21. The van der Waals surface area contributed by atoms with Gasteiger partial charge < -0.3 is 24.4 Å². The predicted molar refractivity (Wildman–Crippen MR) is 126 cm³/mol. The van der Waals surface area contributed by atoms with Gasteiger partial charge in [0.2, 0.25) is 5.95 Å². The molecule has 1 unspecified atom stereocenters. The zero-order chi connectivity index (χ0) is 22.9. The SMILES string of the molecule is CC1CN(c2nc(N3CC(N(C)C)C3)nc3c(F)c4c(cc23)oc2cccc(F)c24)CCN1. The number of anilines is 2. The molecule has 2 aliphatic rings. The molecule has 33 heavy (non-hydrogen) atoms. The van der Waals surface area contributed by atoms with Gasteiger partial charge in [-0.05, 0) is 39.2 Å². The third-order valence-electron chi connectivity index (χ3n) is 6.85. The fraction of sp³-hybridized carbons (Fsp3) is 0.417. The van der Waals surface area contributed by atoms with E-state index in [1.165, 1.54) is 6.07 Å². The van der Waals surface area contributed by atoms with Crippen molar-refractivity contribution in [3.05, 3.63) is 35.9 Å². The summed E-state index contributed by atoms with van der Waals surface area (Å²) in [4.78, 5) is 16.0. The first-order valence-corrected chi connectivity index (χ1v) is 11.3. The van der Waals surface area contributed by atoms with Crippen LogP contribution in [-0.2, 0) is 0 Å². The van der Waals surface area contributed by atoms with Crippen LogP contribution >= 0.6 is 0 Å². The predicted octanol–water partition coefficient (Wildman–Crippen LogP) is 3.36. The maximum Gasteiger partial charge on any atom is 0.228 e. The zero-order valence-corrected chi connectivity index (χ0v) is 18.9. The number of hydrogen-bond donors (Lipinski definition) is 1. The molecule has 2 aromatic heterocycles. The number of likely N-dealkylation sites (N-methyl/N-ethyl adjacent to an activating group) is 1. The molecule has 1 atom stereocenters. The maximum atomic E-state index is 16.0. The monoisotopic (exact) mass is 452 g/mol. The van der Waals surface area contributed by atoms with E-state index < -0.39 is 11.6 Å². The molecule has 6 rings (SSSR count).